The van der Waals surface area contributed by atoms with Crippen LogP contribution in [-0.4, -0.2) is 25.0 Å². The van der Waals surface area contributed by atoms with E-state index >= 15 is 0 Å². The van der Waals surface area contributed by atoms with Crippen LogP contribution in [0.2, 0.25) is 0 Å². The molecule has 1 aromatic carbocycles. The van der Waals surface area contributed by atoms with Crippen molar-refractivity contribution in [3.63, 3.8) is 0 Å². The van der Waals surface area contributed by atoms with Crippen molar-refractivity contribution in [3.05, 3.63) is 46.7 Å². The summed E-state index contributed by atoms with van der Waals surface area (Å²) in [5.41, 5.74) is 5.16. The van der Waals surface area contributed by atoms with Crippen LogP contribution in [0.3, 0.4) is 0 Å². The Morgan fingerprint density at radius 3 is 2.57 bits per heavy atom. The molecule has 0 aromatic heterocycles. The summed E-state index contributed by atoms with van der Waals surface area (Å²) < 4.78 is 5.19. The van der Waals surface area contributed by atoms with Crippen molar-refractivity contribution in [1.29, 1.82) is 0 Å². The summed E-state index contributed by atoms with van der Waals surface area (Å²) in [7, 11) is 1.67. The lowest BCUT2D eigenvalue weighted by Crippen LogP contribution is -2.29. The molecule has 21 heavy (non-hydrogen) atoms. The van der Waals surface area contributed by atoms with Gasteiger partial charge in [0.2, 0.25) is 6.41 Å². The second-order valence-electron chi connectivity index (χ2n) is 5.64. The van der Waals surface area contributed by atoms with Gasteiger partial charge in [-0.25, -0.2) is 0 Å². The highest BCUT2D eigenvalue weighted by Gasteiger charge is 2.24. The Kier molecular flexibility index (Phi) is 4.09. The van der Waals surface area contributed by atoms with Gasteiger partial charge >= 0.3 is 0 Å². The molecule has 3 heteroatoms. The Bertz CT molecular complexity index is 584. The molecule has 3 rings (SSSR count). The van der Waals surface area contributed by atoms with Gasteiger partial charge in [0.05, 0.1) is 7.11 Å². The highest BCUT2D eigenvalue weighted by atomic mass is 16.5. The summed E-state index contributed by atoms with van der Waals surface area (Å²) in [5, 5.41) is 0. The van der Waals surface area contributed by atoms with Crippen LogP contribution in [0.1, 0.15) is 37.7 Å². The van der Waals surface area contributed by atoms with Gasteiger partial charge < -0.3 is 9.64 Å². The molecule has 0 spiro atoms. The topological polar surface area (TPSA) is 29.5 Å². The Morgan fingerprint density at radius 1 is 1.10 bits per heavy atom. The molecule has 0 atom stereocenters. The molecule has 0 radical (unpaired) electrons. The molecular weight excluding hydrogens is 262 g/mol. The highest BCUT2D eigenvalue weighted by Crippen LogP contribution is 2.37. The molecule has 1 heterocycles. The van der Waals surface area contributed by atoms with Crippen LogP contribution in [0.25, 0.3) is 6.08 Å². The third-order valence-corrected chi connectivity index (χ3v) is 4.40. The van der Waals surface area contributed by atoms with E-state index < -0.39 is 0 Å². The van der Waals surface area contributed by atoms with Gasteiger partial charge in [-0.15, -0.1) is 0 Å². The van der Waals surface area contributed by atoms with Gasteiger partial charge in [-0.05, 0) is 61.4 Å². The monoisotopic (exact) mass is 283 g/mol. The predicted octanol–water partition coefficient (Wildman–Crippen LogP) is 3.77. The number of rotatable bonds is 3. The Hall–Kier alpha value is -2.03. The molecule has 3 nitrogen and oxygen atoms in total. The first-order valence-electron chi connectivity index (χ1n) is 7.61. The van der Waals surface area contributed by atoms with Crippen LogP contribution >= 0.6 is 0 Å². The predicted molar refractivity (Wildman–Crippen MR) is 83.9 cm³/mol. The maximum Gasteiger partial charge on any atom is 0.214 e. The SMILES string of the molecule is COc1ccc(/C=C2/C3=C(CCCC3)CCN2C=O)cc1. The van der Waals surface area contributed by atoms with Crippen molar-refractivity contribution < 1.29 is 9.53 Å². The van der Waals surface area contributed by atoms with Crippen LogP contribution in [-0.2, 0) is 4.79 Å². The van der Waals surface area contributed by atoms with E-state index in [0.29, 0.717) is 0 Å². The van der Waals surface area contributed by atoms with Crippen molar-refractivity contribution >= 4 is 12.5 Å². The standard InChI is InChI=1S/C18H21NO2/c1-21-16-8-6-14(7-9-16)12-18-17-5-3-2-4-15(17)10-11-19(18)13-20/h6-9,12-13H,2-5,10-11H2,1H3/b18-12-. The molecule has 0 bridgehead atoms. The van der Waals surface area contributed by atoms with Gasteiger partial charge in [-0.2, -0.15) is 0 Å². The Morgan fingerprint density at radius 2 is 1.86 bits per heavy atom. The summed E-state index contributed by atoms with van der Waals surface area (Å²) in [5.74, 6) is 0.852. The summed E-state index contributed by atoms with van der Waals surface area (Å²) >= 11 is 0. The van der Waals surface area contributed by atoms with Crippen molar-refractivity contribution in [1.82, 2.24) is 4.90 Å². The van der Waals surface area contributed by atoms with E-state index in [0.717, 1.165) is 42.8 Å². The maximum atomic E-state index is 11.4. The van der Waals surface area contributed by atoms with E-state index in [1.54, 1.807) is 12.7 Å². The van der Waals surface area contributed by atoms with Gasteiger partial charge in [-0.3, -0.25) is 4.79 Å². The fourth-order valence-electron chi connectivity index (χ4n) is 3.24. The van der Waals surface area contributed by atoms with Crippen LogP contribution in [0.5, 0.6) is 5.75 Å². The van der Waals surface area contributed by atoms with E-state index in [1.165, 1.54) is 24.8 Å². The van der Waals surface area contributed by atoms with Crippen molar-refractivity contribution in [2.45, 2.75) is 32.1 Å². The van der Waals surface area contributed by atoms with Crippen LogP contribution < -0.4 is 4.74 Å². The van der Waals surface area contributed by atoms with E-state index in [4.69, 9.17) is 4.74 Å². The summed E-state index contributed by atoms with van der Waals surface area (Å²) in [6, 6.07) is 7.98. The lowest BCUT2D eigenvalue weighted by atomic mass is 9.84. The summed E-state index contributed by atoms with van der Waals surface area (Å²) in [4.78, 5) is 13.2. The molecule has 0 fully saturated rings. The Balaban J connectivity index is 1.97. The van der Waals surface area contributed by atoms with Crippen molar-refractivity contribution in [2.24, 2.45) is 0 Å². The summed E-state index contributed by atoms with van der Waals surface area (Å²) in [6.45, 7) is 0.810. The van der Waals surface area contributed by atoms with E-state index in [1.807, 2.05) is 29.2 Å². The zero-order valence-electron chi connectivity index (χ0n) is 12.5. The molecule has 110 valence electrons. The quantitative estimate of drug-likeness (QED) is 0.790. The third-order valence-electron chi connectivity index (χ3n) is 4.40. The first-order valence-corrected chi connectivity index (χ1v) is 7.61. The number of ether oxygens (including phenoxy) is 1. The first kappa shape index (κ1) is 13.9. The van der Waals surface area contributed by atoms with E-state index in [2.05, 4.69) is 6.08 Å². The number of hydrogen-bond acceptors (Lipinski definition) is 2. The molecule has 1 aliphatic carbocycles. The van der Waals surface area contributed by atoms with Crippen LogP contribution in [0, 0.1) is 0 Å². The van der Waals surface area contributed by atoms with Crippen molar-refractivity contribution in [3.8, 4) is 5.75 Å². The fraction of sp³-hybridized carbons (Fsp3) is 0.389. The Labute approximate surface area is 125 Å². The highest BCUT2D eigenvalue weighted by molar-refractivity contribution is 5.66. The lowest BCUT2D eigenvalue weighted by Gasteiger charge is -2.33. The van der Waals surface area contributed by atoms with Crippen molar-refractivity contribution in [2.75, 3.05) is 13.7 Å². The molecule has 0 saturated heterocycles. The normalized spacial score (nSPS) is 20.4. The van der Waals surface area contributed by atoms with Gasteiger partial charge in [0.1, 0.15) is 5.75 Å². The second kappa shape index (κ2) is 6.17. The molecule has 2 aliphatic rings. The molecule has 0 unspecified atom stereocenters. The maximum absolute atomic E-state index is 11.4. The van der Waals surface area contributed by atoms with Gasteiger partial charge in [-0.1, -0.05) is 17.7 Å². The average Bonchev–Trinajstić information content (AvgIpc) is 2.56. The average molecular weight is 283 g/mol. The van der Waals surface area contributed by atoms with Crippen LogP contribution in [0.15, 0.2) is 41.1 Å². The number of amides is 1. The lowest BCUT2D eigenvalue weighted by molar-refractivity contribution is -0.116. The third kappa shape index (κ3) is 2.87. The largest absolute Gasteiger partial charge is 0.497 e. The number of allylic oxidation sites excluding steroid dienone is 1. The molecule has 0 N–H and O–H groups in total. The number of methoxy groups -OCH3 is 1. The molecule has 1 aliphatic heterocycles. The number of carbonyl (C=O) groups is 1. The number of benzene rings is 1. The van der Waals surface area contributed by atoms with Gasteiger partial charge in [0, 0.05) is 12.2 Å². The minimum Gasteiger partial charge on any atom is -0.497 e. The van der Waals surface area contributed by atoms with E-state index in [9.17, 15) is 4.79 Å². The number of hydrogen-bond donors (Lipinski definition) is 0. The number of nitrogens with zero attached hydrogens (tertiary/aromatic N) is 1. The minimum atomic E-state index is 0.810. The molecule has 0 saturated carbocycles. The number of carbonyl (C=O) groups excluding carboxylic acids is 1. The van der Waals surface area contributed by atoms with Gasteiger partial charge in [0.25, 0.3) is 0 Å². The fourth-order valence-corrected chi connectivity index (χ4v) is 3.24. The van der Waals surface area contributed by atoms with Crippen LogP contribution in [0.4, 0.5) is 0 Å². The summed E-state index contributed by atoms with van der Waals surface area (Å²) in [6.07, 6.45) is 8.94. The minimum absolute atomic E-state index is 0.810. The molecule has 1 aromatic rings. The van der Waals surface area contributed by atoms with Gasteiger partial charge in [0.15, 0.2) is 0 Å². The molecule has 1 amide bonds. The zero-order chi connectivity index (χ0) is 14.7. The molecular formula is C18H21NO2. The first-order chi connectivity index (χ1) is 10.3. The smallest absolute Gasteiger partial charge is 0.214 e. The van der Waals surface area contributed by atoms with E-state index in [-0.39, 0.29) is 0 Å². The zero-order valence-corrected chi connectivity index (χ0v) is 12.5. The second-order valence-corrected chi connectivity index (χ2v) is 5.64.